The van der Waals surface area contributed by atoms with Crippen molar-refractivity contribution in [2.24, 2.45) is 0 Å². The largest absolute Gasteiger partial charge is 0.444 e. The molecule has 8 nitrogen and oxygen atoms in total. The molecule has 0 bridgehead atoms. The molecule has 0 aliphatic carbocycles. The van der Waals surface area contributed by atoms with Gasteiger partial charge in [-0.2, -0.15) is 4.31 Å². The first-order valence-electron chi connectivity index (χ1n) is 8.18. The minimum absolute atomic E-state index is 0.0549. The van der Waals surface area contributed by atoms with E-state index in [9.17, 15) is 18.3 Å². The predicted molar refractivity (Wildman–Crippen MR) is 91.4 cm³/mol. The van der Waals surface area contributed by atoms with E-state index in [1.165, 1.54) is 16.6 Å². The quantitative estimate of drug-likeness (QED) is 0.824. The van der Waals surface area contributed by atoms with E-state index in [0.29, 0.717) is 12.8 Å². The van der Waals surface area contributed by atoms with Gasteiger partial charge in [0.1, 0.15) is 5.60 Å². The van der Waals surface area contributed by atoms with Gasteiger partial charge in [0, 0.05) is 19.3 Å². The highest BCUT2D eigenvalue weighted by atomic mass is 32.2. The number of sulfonamides is 1. The maximum atomic E-state index is 12.6. The third-order valence-electron chi connectivity index (χ3n) is 3.72. The molecule has 0 saturated carbocycles. The van der Waals surface area contributed by atoms with Crippen LogP contribution in [0.3, 0.4) is 0 Å². The topological polar surface area (TPSA) is 109 Å². The molecule has 1 saturated heterocycles. The molecule has 1 aromatic rings. The first-order valence-corrected chi connectivity index (χ1v) is 9.62. The lowest BCUT2D eigenvalue weighted by Gasteiger charge is -2.26. The van der Waals surface area contributed by atoms with Gasteiger partial charge in [-0.15, -0.1) is 0 Å². The molecule has 25 heavy (non-hydrogen) atoms. The zero-order valence-corrected chi connectivity index (χ0v) is 15.5. The maximum absolute atomic E-state index is 12.6. The summed E-state index contributed by atoms with van der Waals surface area (Å²) >= 11 is 0. The van der Waals surface area contributed by atoms with Crippen LogP contribution in [0, 0.1) is 0 Å². The average Bonchev–Trinajstić information content (AvgIpc) is 2.69. The summed E-state index contributed by atoms with van der Waals surface area (Å²) in [5, 5.41) is 13.0. The Morgan fingerprint density at radius 1 is 1.40 bits per heavy atom. The summed E-state index contributed by atoms with van der Waals surface area (Å²) in [6.07, 6.45) is 0.706. The normalized spacial score (nSPS) is 22.9. The highest BCUT2D eigenvalue weighted by Crippen LogP contribution is 2.20. The van der Waals surface area contributed by atoms with Crippen molar-refractivity contribution in [3.8, 4) is 0 Å². The number of ether oxygens (including phenoxy) is 1. The van der Waals surface area contributed by atoms with Crippen LogP contribution in [-0.4, -0.2) is 59.7 Å². The number of aliphatic hydroxyl groups excluding tert-OH is 1. The summed E-state index contributed by atoms with van der Waals surface area (Å²) in [5.74, 6) is 0. The number of hydrogen-bond acceptors (Lipinski definition) is 6. The van der Waals surface area contributed by atoms with Crippen LogP contribution in [0.1, 0.15) is 33.6 Å². The number of carbonyl (C=O) groups excluding carboxylic acids is 1. The summed E-state index contributed by atoms with van der Waals surface area (Å²) in [6, 6.07) is 4.08. The van der Waals surface area contributed by atoms with Gasteiger partial charge in [0.15, 0.2) is 5.03 Å². The van der Waals surface area contributed by atoms with Crippen LogP contribution in [0.15, 0.2) is 29.4 Å². The molecule has 140 valence electrons. The molecule has 9 heteroatoms. The molecule has 1 amide bonds. The van der Waals surface area contributed by atoms with Crippen molar-refractivity contribution in [1.29, 1.82) is 0 Å². The van der Waals surface area contributed by atoms with E-state index < -0.39 is 33.9 Å². The van der Waals surface area contributed by atoms with E-state index in [0.717, 1.165) is 0 Å². The molecule has 1 aromatic heterocycles. The van der Waals surface area contributed by atoms with E-state index in [-0.39, 0.29) is 18.1 Å². The van der Waals surface area contributed by atoms with Crippen LogP contribution < -0.4 is 5.32 Å². The van der Waals surface area contributed by atoms with Crippen LogP contribution >= 0.6 is 0 Å². The first-order chi connectivity index (χ1) is 11.6. The standard InChI is InChI=1S/C16H25N3O5S/c1-16(2,3)24-15(21)18-12-7-6-10-19(11-13(12)20)25(22,23)14-8-4-5-9-17-14/h4-5,8-9,12-13,20H,6-7,10-11H2,1-3H3,(H,18,21). The van der Waals surface area contributed by atoms with Crippen molar-refractivity contribution in [2.75, 3.05) is 13.1 Å². The van der Waals surface area contributed by atoms with Crippen molar-refractivity contribution in [3.63, 3.8) is 0 Å². The fourth-order valence-corrected chi connectivity index (χ4v) is 4.01. The van der Waals surface area contributed by atoms with Crippen LogP contribution in [0.25, 0.3) is 0 Å². The van der Waals surface area contributed by atoms with E-state index in [1.54, 1.807) is 32.9 Å². The Kier molecular flexibility index (Phi) is 6.02. The highest BCUT2D eigenvalue weighted by Gasteiger charge is 2.34. The molecule has 2 atom stereocenters. The number of aromatic nitrogens is 1. The molecule has 0 aromatic carbocycles. The second kappa shape index (κ2) is 7.67. The molecule has 2 N–H and O–H groups in total. The van der Waals surface area contributed by atoms with Gasteiger partial charge in [0.05, 0.1) is 12.1 Å². The maximum Gasteiger partial charge on any atom is 0.407 e. The average molecular weight is 371 g/mol. The van der Waals surface area contributed by atoms with E-state index in [2.05, 4.69) is 10.3 Å². The fraction of sp³-hybridized carbons (Fsp3) is 0.625. The Morgan fingerprint density at radius 3 is 2.72 bits per heavy atom. The minimum Gasteiger partial charge on any atom is -0.444 e. The molecular formula is C16H25N3O5S. The van der Waals surface area contributed by atoms with Crippen LogP contribution in [-0.2, 0) is 14.8 Å². The third kappa shape index (κ3) is 5.38. The number of β-amino-alcohol motifs (C(OH)–C–C–N with tert-alkyl or cyclic N) is 1. The van der Waals surface area contributed by atoms with Crippen molar-refractivity contribution in [1.82, 2.24) is 14.6 Å². The zero-order chi connectivity index (χ0) is 18.7. The Morgan fingerprint density at radius 2 is 2.12 bits per heavy atom. The molecule has 0 radical (unpaired) electrons. The number of amides is 1. The van der Waals surface area contributed by atoms with Gasteiger partial charge in [-0.1, -0.05) is 6.07 Å². The number of carbonyl (C=O) groups is 1. The molecule has 1 aliphatic rings. The Balaban J connectivity index is 2.06. The zero-order valence-electron chi connectivity index (χ0n) is 14.7. The Bertz CT molecular complexity index is 687. The SMILES string of the molecule is CC(C)(C)OC(=O)NC1CCCN(S(=O)(=O)c2ccccn2)CC1O. The number of hydrogen-bond donors (Lipinski definition) is 2. The monoisotopic (exact) mass is 371 g/mol. The van der Waals surface area contributed by atoms with Gasteiger partial charge >= 0.3 is 6.09 Å². The van der Waals surface area contributed by atoms with Gasteiger partial charge in [0.2, 0.25) is 0 Å². The van der Waals surface area contributed by atoms with Gasteiger partial charge in [0.25, 0.3) is 10.0 Å². The molecule has 2 heterocycles. The van der Waals surface area contributed by atoms with E-state index in [4.69, 9.17) is 4.74 Å². The van der Waals surface area contributed by atoms with E-state index >= 15 is 0 Å². The number of rotatable bonds is 3. The molecular weight excluding hydrogens is 346 g/mol. The van der Waals surface area contributed by atoms with Gasteiger partial charge in [-0.25, -0.2) is 18.2 Å². The second-order valence-corrected chi connectivity index (χ2v) is 8.88. The Hall–Kier alpha value is -1.71. The molecule has 2 rings (SSSR count). The van der Waals surface area contributed by atoms with Gasteiger partial charge < -0.3 is 15.2 Å². The predicted octanol–water partition coefficient (Wildman–Crippen LogP) is 1.12. The van der Waals surface area contributed by atoms with Gasteiger partial charge in [-0.05, 0) is 45.7 Å². The van der Waals surface area contributed by atoms with Gasteiger partial charge in [-0.3, -0.25) is 0 Å². The fourth-order valence-electron chi connectivity index (χ4n) is 2.58. The summed E-state index contributed by atoms with van der Waals surface area (Å²) in [4.78, 5) is 15.8. The molecule has 2 unspecified atom stereocenters. The molecule has 1 fully saturated rings. The molecule has 0 spiro atoms. The highest BCUT2D eigenvalue weighted by molar-refractivity contribution is 7.89. The smallest absolute Gasteiger partial charge is 0.407 e. The third-order valence-corrected chi connectivity index (χ3v) is 5.50. The van der Waals surface area contributed by atoms with E-state index in [1.807, 2.05) is 0 Å². The lowest BCUT2D eigenvalue weighted by Crippen LogP contribution is -2.48. The number of alkyl carbamates (subject to hydrolysis) is 1. The number of nitrogens with zero attached hydrogens (tertiary/aromatic N) is 2. The van der Waals surface area contributed by atoms with Crippen LogP contribution in [0.2, 0.25) is 0 Å². The minimum atomic E-state index is -3.78. The first kappa shape index (κ1) is 19.6. The summed E-state index contributed by atoms with van der Waals surface area (Å²) in [7, 11) is -3.78. The van der Waals surface area contributed by atoms with Crippen molar-refractivity contribution >= 4 is 16.1 Å². The number of pyridine rings is 1. The van der Waals surface area contributed by atoms with Crippen molar-refractivity contribution < 1.29 is 23.1 Å². The van der Waals surface area contributed by atoms with Crippen molar-refractivity contribution in [3.05, 3.63) is 24.4 Å². The number of aliphatic hydroxyl groups is 1. The summed E-state index contributed by atoms with van der Waals surface area (Å²) < 4.78 is 31.7. The summed E-state index contributed by atoms with van der Waals surface area (Å²) in [6.45, 7) is 5.38. The van der Waals surface area contributed by atoms with Crippen LogP contribution in [0.4, 0.5) is 4.79 Å². The lowest BCUT2D eigenvalue weighted by molar-refractivity contribution is 0.0415. The van der Waals surface area contributed by atoms with Crippen molar-refractivity contribution in [2.45, 2.75) is 56.4 Å². The second-order valence-electron chi connectivity index (χ2n) is 6.99. The Labute approximate surface area is 148 Å². The van der Waals surface area contributed by atoms with Crippen LogP contribution in [0.5, 0.6) is 0 Å². The number of nitrogens with one attached hydrogen (secondary N) is 1. The molecule has 1 aliphatic heterocycles. The lowest BCUT2D eigenvalue weighted by atomic mass is 10.1. The summed E-state index contributed by atoms with van der Waals surface area (Å²) in [5.41, 5.74) is -0.645.